The smallest absolute Gasteiger partial charge is 0.332 e. The van der Waals surface area contributed by atoms with Gasteiger partial charge in [-0.2, -0.15) is 10.4 Å². The number of aromatic nitrogens is 4. The number of benzene rings is 1. The SMILES string of the molecule is COc1cccc(OCCCN)c1-c1cc(Cc2cnc(C#N)cn2)[nH]n1.C[C@H](O)C(=O)O.O. The number of ether oxygens (including phenoxy) is 2. The number of carboxylic acid groups (broad SMARTS) is 1. The maximum atomic E-state index is 9.45. The highest BCUT2D eigenvalue weighted by molar-refractivity contribution is 5.74. The number of nitrogens with zero attached hydrogens (tertiary/aromatic N) is 4. The fourth-order valence-electron chi connectivity index (χ4n) is 2.60. The molecule has 0 spiro atoms. The third-order valence-corrected chi connectivity index (χ3v) is 4.25. The fourth-order valence-corrected chi connectivity index (χ4v) is 2.60. The lowest BCUT2D eigenvalue weighted by atomic mass is 10.1. The van der Waals surface area contributed by atoms with Crippen molar-refractivity contribution in [1.29, 1.82) is 5.26 Å². The van der Waals surface area contributed by atoms with Crippen molar-refractivity contribution in [1.82, 2.24) is 20.2 Å². The van der Waals surface area contributed by atoms with E-state index in [1.165, 1.54) is 13.1 Å². The third-order valence-electron chi connectivity index (χ3n) is 4.25. The molecule has 0 unspecified atom stereocenters. The fraction of sp³-hybridized carbons (Fsp3) is 0.318. The van der Waals surface area contributed by atoms with Crippen LogP contribution in [0.2, 0.25) is 0 Å². The first kappa shape index (κ1) is 28.0. The van der Waals surface area contributed by atoms with E-state index in [9.17, 15) is 4.79 Å². The van der Waals surface area contributed by atoms with E-state index in [1.54, 1.807) is 13.3 Å². The van der Waals surface area contributed by atoms with Crippen LogP contribution in [0.4, 0.5) is 0 Å². The Hall–Kier alpha value is -4.05. The molecule has 1 atom stereocenters. The van der Waals surface area contributed by atoms with Crippen molar-refractivity contribution in [2.45, 2.75) is 25.9 Å². The van der Waals surface area contributed by atoms with E-state index in [0.717, 1.165) is 23.4 Å². The number of nitrogens with one attached hydrogen (secondary N) is 1. The number of aromatic amines is 1. The summed E-state index contributed by atoms with van der Waals surface area (Å²) in [6, 6.07) is 9.50. The molecular weight excluding hydrogens is 444 g/mol. The normalized spacial score (nSPS) is 10.7. The second-order valence-electron chi connectivity index (χ2n) is 6.80. The van der Waals surface area contributed by atoms with Gasteiger partial charge in [0.15, 0.2) is 5.69 Å². The molecule has 0 aliphatic carbocycles. The number of nitrogens with two attached hydrogens (primary N) is 1. The van der Waals surface area contributed by atoms with Crippen LogP contribution in [-0.4, -0.2) is 68.2 Å². The summed E-state index contributed by atoms with van der Waals surface area (Å²) in [5, 5.41) is 32.0. The standard InChI is InChI=1S/C19H20N6O2.C3H6O3.H2O/c1-26-17-4-2-5-18(27-7-3-6-20)19(17)16-9-13(24-25-16)8-14-11-23-15(10-21)12-22-14;1-2(4)3(5)6;/h2,4-5,9,11-12H,3,6-8,20H2,1H3,(H,24,25);2,4H,1H3,(H,5,6);1H2/t;2-;/m.0./s1. The summed E-state index contributed by atoms with van der Waals surface area (Å²) >= 11 is 0. The molecule has 34 heavy (non-hydrogen) atoms. The van der Waals surface area contributed by atoms with E-state index in [0.29, 0.717) is 36.8 Å². The lowest BCUT2D eigenvalue weighted by molar-refractivity contribution is -0.145. The van der Waals surface area contributed by atoms with Gasteiger partial charge in [0.2, 0.25) is 0 Å². The summed E-state index contributed by atoms with van der Waals surface area (Å²) in [6.07, 6.45) is 3.09. The first-order valence-electron chi connectivity index (χ1n) is 10.1. The van der Waals surface area contributed by atoms with Crippen LogP contribution in [0.25, 0.3) is 11.3 Å². The number of aliphatic carboxylic acids is 1. The molecule has 0 saturated heterocycles. The van der Waals surface area contributed by atoms with Crippen molar-refractivity contribution >= 4 is 5.97 Å². The summed E-state index contributed by atoms with van der Waals surface area (Å²) in [5.74, 6) is 0.186. The maximum Gasteiger partial charge on any atom is 0.332 e. The highest BCUT2D eigenvalue weighted by Crippen LogP contribution is 2.37. The molecule has 0 aliphatic heterocycles. The van der Waals surface area contributed by atoms with Crippen LogP contribution < -0.4 is 15.2 Å². The molecule has 0 bridgehead atoms. The lowest BCUT2D eigenvalue weighted by Gasteiger charge is -2.13. The van der Waals surface area contributed by atoms with Crippen molar-refractivity contribution in [3.05, 3.63) is 53.7 Å². The van der Waals surface area contributed by atoms with Gasteiger partial charge in [0, 0.05) is 12.1 Å². The molecule has 2 heterocycles. The van der Waals surface area contributed by atoms with E-state index >= 15 is 0 Å². The summed E-state index contributed by atoms with van der Waals surface area (Å²) in [4.78, 5) is 17.7. The molecule has 1 aromatic carbocycles. The molecule has 0 radical (unpaired) electrons. The molecular formula is C22H28N6O6. The van der Waals surface area contributed by atoms with Crippen LogP contribution in [0.3, 0.4) is 0 Å². The highest BCUT2D eigenvalue weighted by Gasteiger charge is 2.16. The van der Waals surface area contributed by atoms with E-state index < -0.39 is 12.1 Å². The van der Waals surface area contributed by atoms with Crippen molar-refractivity contribution in [3.8, 4) is 28.8 Å². The Morgan fingerprint density at radius 3 is 2.56 bits per heavy atom. The van der Waals surface area contributed by atoms with Gasteiger partial charge in [-0.15, -0.1) is 0 Å². The Kier molecular flexibility index (Phi) is 11.7. The quantitative estimate of drug-likeness (QED) is 0.320. The molecule has 12 nitrogen and oxygen atoms in total. The molecule has 0 fully saturated rings. The Labute approximate surface area is 196 Å². The molecule has 0 aliphatic rings. The molecule has 12 heteroatoms. The van der Waals surface area contributed by atoms with Gasteiger partial charge in [-0.05, 0) is 38.1 Å². The van der Waals surface area contributed by atoms with Crippen LogP contribution >= 0.6 is 0 Å². The number of hydrogen-bond acceptors (Lipinski definition) is 9. The minimum absolute atomic E-state index is 0. The summed E-state index contributed by atoms with van der Waals surface area (Å²) < 4.78 is 11.3. The predicted octanol–water partition coefficient (Wildman–Crippen LogP) is 0.692. The molecule has 7 N–H and O–H groups in total. The molecule has 0 saturated carbocycles. The highest BCUT2D eigenvalue weighted by atomic mass is 16.5. The predicted molar refractivity (Wildman–Crippen MR) is 122 cm³/mol. The number of carboxylic acids is 1. The van der Waals surface area contributed by atoms with Crippen molar-refractivity contribution in [2.75, 3.05) is 20.3 Å². The Bertz CT molecular complexity index is 1080. The van der Waals surface area contributed by atoms with Crippen molar-refractivity contribution < 1.29 is 30.0 Å². The second kappa shape index (κ2) is 14.2. The Morgan fingerprint density at radius 2 is 2.00 bits per heavy atom. The van der Waals surface area contributed by atoms with Crippen LogP contribution in [-0.2, 0) is 11.2 Å². The van der Waals surface area contributed by atoms with E-state index in [2.05, 4.69) is 20.2 Å². The molecule has 0 amide bonds. The summed E-state index contributed by atoms with van der Waals surface area (Å²) in [5.41, 5.74) is 8.93. The van der Waals surface area contributed by atoms with Crippen LogP contribution in [0.15, 0.2) is 36.7 Å². The van der Waals surface area contributed by atoms with Crippen LogP contribution in [0.5, 0.6) is 11.5 Å². The minimum Gasteiger partial charge on any atom is -0.496 e. The molecule has 3 rings (SSSR count). The topological polar surface area (TPSA) is 212 Å². The van der Waals surface area contributed by atoms with Gasteiger partial charge in [-0.3, -0.25) is 10.1 Å². The number of hydrogen-bond donors (Lipinski definition) is 4. The van der Waals surface area contributed by atoms with Crippen LogP contribution in [0.1, 0.15) is 30.4 Å². The Balaban J connectivity index is 0.000000735. The first-order chi connectivity index (χ1) is 15.9. The van der Waals surface area contributed by atoms with Gasteiger partial charge < -0.3 is 30.9 Å². The number of aliphatic hydroxyl groups is 1. The number of methoxy groups -OCH3 is 1. The van der Waals surface area contributed by atoms with E-state index in [4.69, 9.17) is 30.7 Å². The van der Waals surface area contributed by atoms with Crippen molar-refractivity contribution in [3.63, 3.8) is 0 Å². The number of aliphatic hydroxyl groups excluding tert-OH is 1. The Morgan fingerprint density at radius 1 is 1.29 bits per heavy atom. The monoisotopic (exact) mass is 472 g/mol. The van der Waals surface area contributed by atoms with Gasteiger partial charge in [0.05, 0.1) is 43.1 Å². The van der Waals surface area contributed by atoms with Gasteiger partial charge in [0.25, 0.3) is 0 Å². The number of H-pyrrole nitrogens is 1. The lowest BCUT2D eigenvalue weighted by Crippen LogP contribution is -2.13. The maximum absolute atomic E-state index is 9.45. The minimum atomic E-state index is -1.23. The largest absolute Gasteiger partial charge is 0.496 e. The molecule has 3 aromatic rings. The third kappa shape index (κ3) is 8.14. The molecule has 182 valence electrons. The van der Waals surface area contributed by atoms with Gasteiger partial charge in [0.1, 0.15) is 23.7 Å². The zero-order chi connectivity index (χ0) is 24.2. The first-order valence-corrected chi connectivity index (χ1v) is 10.1. The summed E-state index contributed by atoms with van der Waals surface area (Å²) in [6.45, 7) is 2.29. The van der Waals surface area contributed by atoms with Gasteiger partial charge in [-0.25, -0.2) is 9.78 Å². The number of rotatable bonds is 9. The zero-order valence-corrected chi connectivity index (χ0v) is 18.9. The summed E-state index contributed by atoms with van der Waals surface area (Å²) in [7, 11) is 1.61. The van der Waals surface area contributed by atoms with E-state index in [-0.39, 0.29) is 11.2 Å². The number of nitriles is 1. The zero-order valence-electron chi connectivity index (χ0n) is 18.9. The molecule has 2 aromatic heterocycles. The van der Waals surface area contributed by atoms with E-state index in [1.807, 2.05) is 30.3 Å². The average Bonchev–Trinajstić information content (AvgIpc) is 3.27. The number of carbonyl (C=O) groups is 1. The van der Waals surface area contributed by atoms with Crippen LogP contribution in [0, 0.1) is 11.3 Å². The van der Waals surface area contributed by atoms with Gasteiger partial charge in [-0.1, -0.05) is 6.07 Å². The van der Waals surface area contributed by atoms with Crippen molar-refractivity contribution in [2.24, 2.45) is 5.73 Å². The van der Waals surface area contributed by atoms with Gasteiger partial charge >= 0.3 is 5.97 Å². The second-order valence-corrected chi connectivity index (χ2v) is 6.80. The average molecular weight is 473 g/mol.